The van der Waals surface area contributed by atoms with Crippen molar-refractivity contribution >= 4 is 11.6 Å². The van der Waals surface area contributed by atoms with Gasteiger partial charge in [0.1, 0.15) is 0 Å². The molecule has 1 atom stereocenters. The molecule has 3 rings (SSSR count). The Morgan fingerprint density at radius 3 is 3.00 bits per heavy atom. The Labute approximate surface area is 106 Å². The van der Waals surface area contributed by atoms with Crippen molar-refractivity contribution in [3.8, 4) is 0 Å². The van der Waals surface area contributed by atoms with E-state index in [9.17, 15) is 4.79 Å². The van der Waals surface area contributed by atoms with Gasteiger partial charge in [0.2, 0.25) is 0 Å². The van der Waals surface area contributed by atoms with Crippen molar-refractivity contribution in [3.05, 3.63) is 24.0 Å². The second-order valence-corrected chi connectivity index (χ2v) is 5.15. The maximum absolute atomic E-state index is 12.1. The van der Waals surface area contributed by atoms with E-state index in [1.807, 2.05) is 0 Å². The number of carbonyl (C=O) groups excluding carboxylic acids is 1. The third kappa shape index (κ3) is 2.31. The average Bonchev–Trinajstić information content (AvgIpc) is 3.11. The zero-order chi connectivity index (χ0) is 12.5. The van der Waals surface area contributed by atoms with E-state index in [0.717, 1.165) is 25.6 Å². The number of rotatable bonds is 3. The number of pyridine rings is 1. The summed E-state index contributed by atoms with van der Waals surface area (Å²) in [6.45, 7) is 2.06. The van der Waals surface area contributed by atoms with Crippen LogP contribution in [0.25, 0.3) is 0 Å². The largest absolute Gasteiger partial charge is 0.398 e. The summed E-state index contributed by atoms with van der Waals surface area (Å²) in [7, 11) is 0. The topological polar surface area (TPSA) is 71.2 Å². The molecule has 1 aromatic rings. The summed E-state index contributed by atoms with van der Waals surface area (Å²) in [5.74, 6) is -0.108. The zero-order valence-electron chi connectivity index (χ0n) is 10.3. The molecule has 5 heteroatoms. The molecule has 1 unspecified atom stereocenters. The van der Waals surface area contributed by atoms with Crippen LogP contribution in [0.1, 0.15) is 29.6 Å². The minimum atomic E-state index is -0.108. The first-order chi connectivity index (χ1) is 8.74. The maximum Gasteiger partial charge on any atom is 0.255 e. The van der Waals surface area contributed by atoms with Crippen LogP contribution in [0.4, 0.5) is 5.69 Å². The summed E-state index contributed by atoms with van der Waals surface area (Å²) >= 11 is 0. The zero-order valence-corrected chi connectivity index (χ0v) is 10.3. The van der Waals surface area contributed by atoms with Gasteiger partial charge in [0.15, 0.2) is 0 Å². The first kappa shape index (κ1) is 11.5. The fourth-order valence-electron chi connectivity index (χ4n) is 2.53. The van der Waals surface area contributed by atoms with Crippen LogP contribution >= 0.6 is 0 Å². The highest BCUT2D eigenvalue weighted by Gasteiger charge is 2.34. The van der Waals surface area contributed by atoms with Gasteiger partial charge in [-0.1, -0.05) is 0 Å². The number of amides is 1. The fourth-order valence-corrected chi connectivity index (χ4v) is 2.53. The van der Waals surface area contributed by atoms with E-state index in [1.165, 1.54) is 19.0 Å². The molecule has 1 aliphatic heterocycles. The quantitative estimate of drug-likeness (QED) is 0.820. The predicted molar refractivity (Wildman–Crippen MR) is 69.1 cm³/mol. The van der Waals surface area contributed by atoms with Crippen LogP contribution in [0.3, 0.4) is 0 Å². The van der Waals surface area contributed by atoms with Gasteiger partial charge in [0.25, 0.3) is 5.91 Å². The van der Waals surface area contributed by atoms with E-state index in [0.29, 0.717) is 11.3 Å². The Bertz CT molecular complexity index is 458. The molecular weight excluding hydrogens is 228 g/mol. The van der Waals surface area contributed by atoms with Crippen LogP contribution in [0.2, 0.25) is 0 Å². The number of nitrogens with one attached hydrogen (secondary N) is 1. The van der Waals surface area contributed by atoms with Crippen LogP contribution in [0, 0.1) is 0 Å². The average molecular weight is 246 g/mol. The number of hydrogen-bond donors (Lipinski definition) is 2. The molecule has 2 aliphatic rings. The second kappa shape index (κ2) is 4.57. The van der Waals surface area contributed by atoms with Crippen molar-refractivity contribution in [2.75, 3.05) is 18.8 Å². The molecule has 0 radical (unpaired) electrons. The molecule has 1 aliphatic carbocycles. The summed E-state index contributed by atoms with van der Waals surface area (Å²) in [6, 6.07) is 2.67. The summed E-state index contributed by atoms with van der Waals surface area (Å²) in [6.07, 6.45) is 6.78. The Kier molecular flexibility index (Phi) is 2.91. The van der Waals surface area contributed by atoms with Crippen molar-refractivity contribution in [2.24, 2.45) is 0 Å². The molecule has 1 saturated carbocycles. The van der Waals surface area contributed by atoms with Gasteiger partial charge in [-0.25, -0.2) is 0 Å². The Morgan fingerprint density at radius 2 is 2.28 bits per heavy atom. The molecule has 5 nitrogen and oxygen atoms in total. The standard InChI is InChI=1S/C13H18N4O/c14-12-3-5-15-7-11(12)13(18)16-9-4-6-17(8-9)10-1-2-10/h3,5,7,9-10H,1-2,4,6,8H2,(H2,14,15)(H,16,18). The maximum atomic E-state index is 12.1. The molecule has 2 heterocycles. The monoisotopic (exact) mass is 246 g/mol. The number of aromatic nitrogens is 1. The molecule has 0 aromatic carbocycles. The van der Waals surface area contributed by atoms with Gasteiger partial charge >= 0.3 is 0 Å². The first-order valence-corrected chi connectivity index (χ1v) is 6.48. The van der Waals surface area contributed by atoms with Crippen molar-refractivity contribution in [1.82, 2.24) is 15.2 Å². The third-order valence-corrected chi connectivity index (χ3v) is 3.72. The van der Waals surface area contributed by atoms with Crippen LogP contribution in [0.15, 0.2) is 18.5 Å². The lowest BCUT2D eigenvalue weighted by Gasteiger charge is -2.16. The van der Waals surface area contributed by atoms with Crippen LogP contribution < -0.4 is 11.1 Å². The third-order valence-electron chi connectivity index (χ3n) is 3.72. The molecule has 0 bridgehead atoms. The van der Waals surface area contributed by atoms with Crippen molar-refractivity contribution in [3.63, 3.8) is 0 Å². The molecule has 1 saturated heterocycles. The number of nitrogens with zero attached hydrogens (tertiary/aromatic N) is 2. The van der Waals surface area contributed by atoms with E-state index in [1.54, 1.807) is 12.3 Å². The molecule has 3 N–H and O–H groups in total. The summed E-state index contributed by atoms with van der Waals surface area (Å²) < 4.78 is 0. The highest BCUT2D eigenvalue weighted by atomic mass is 16.1. The van der Waals surface area contributed by atoms with Gasteiger partial charge < -0.3 is 11.1 Å². The highest BCUT2D eigenvalue weighted by molar-refractivity contribution is 5.98. The summed E-state index contributed by atoms with van der Waals surface area (Å²) in [4.78, 5) is 18.5. The van der Waals surface area contributed by atoms with Gasteiger partial charge in [-0.2, -0.15) is 0 Å². The van der Waals surface area contributed by atoms with Crippen LogP contribution in [-0.2, 0) is 0 Å². The van der Waals surface area contributed by atoms with Gasteiger partial charge in [-0.15, -0.1) is 0 Å². The van der Waals surface area contributed by atoms with E-state index >= 15 is 0 Å². The number of nitrogens with two attached hydrogens (primary N) is 1. The molecule has 96 valence electrons. The lowest BCUT2D eigenvalue weighted by Crippen LogP contribution is -2.37. The number of nitrogen functional groups attached to an aromatic ring is 1. The Balaban J connectivity index is 1.60. The number of carbonyl (C=O) groups is 1. The van der Waals surface area contributed by atoms with Gasteiger partial charge in [0, 0.05) is 43.3 Å². The fraction of sp³-hybridized carbons (Fsp3) is 0.538. The van der Waals surface area contributed by atoms with Crippen LogP contribution in [-0.4, -0.2) is 41.0 Å². The van der Waals surface area contributed by atoms with Crippen molar-refractivity contribution < 1.29 is 4.79 Å². The van der Waals surface area contributed by atoms with E-state index in [2.05, 4.69) is 15.2 Å². The van der Waals surface area contributed by atoms with Gasteiger partial charge in [0.05, 0.1) is 5.56 Å². The number of hydrogen-bond acceptors (Lipinski definition) is 4. The minimum absolute atomic E-state index is 0.108. The smallest absolute Gasteiger partial charge is 0.255 e. The van der Waals surface area contributed by atoms with Crippen molar-refractivity contribution in [2.45, 2.75) is 31.3 Å². The highest BCUT2D eigenvalue weighted by Crippen LogP contribution is 2.29. The normalized spacial score (nSPS) is 24.1. The number of anilines is 1. The van der Waals surface area contributed by atoms with Crippen LogP contribution in [0.5, 0.6) is 0 Å². The first-order valence-electron chi connectivity index (χ1n) is 6.48. The number of likely N-dealkylation sites (tertiary alicyclic amines) is 1. The SMILES string of the molecule is Nc1ccncc1C(=O)NC1CCN(C2CC2)C1. The lowest BCUT2D eigenvalue weighted by molar-refractivity contribution is 0.0938. The Morgan fingerprint density at radius 1 is 1.44 bits per heavy atom. The predicted octanol–water partition coefficient (Wildman–Crippen LogP) is 0.630. The molecule has 18 heavy (non-hydrogen) atoms. The van der Waals surface area contributed by atoms with Gasteiger partial charge in [-0.05, 0) is 25.3 Å². The molecule has 1 amide bonds. The van der Waals surface area contributed by atoms with Crippen molar-refractivity contribution in [1.29, 1.82) is 0 Å². The van der Waals surface area contributed by atoms with E-state index in [4.69, 9.17) is 5.73 Å². The summed E-state index contributed by atoms with van der Waals surface area (Å²) in [5, 5.41) is 3.05. The van der Waals surface area contributed by atoms with Gasteiger partial charge in [-0.3, -0.25) is 14.7 Å². The van der Waals surface area contributed by atoms with E-state index in [-0.39, 0.29) is 11.9 Å². The second-order valence-electron chi connectivity index (χ2n) is 5.15. The molecule has 0 spiro atoms. The van der Waals surface area contributed by atoms with E-state index < -0.39 is 0 Å². The molecular formula is C13H18N4O. The molecule has 2 fully saturated rings. The minimum Gasteiger partial charge on any atom is -0.398 e. The Hall–Kier alpha value is -1.62. The summed E-state index contributed by atoms with van der Waals surface area (Å²) in [5.41, 5.74) is 6.73. The molecule has 1 aromatic heterocycles. The lowest BCUT2D eigenvalue weighted by atomic mass is 10.2.